The van der Waals surface area contributed by atoms with Gasteiger partial charge in [-0.05, 0) is 47.7 Å². The van der Waals surface area contributed by atoms with E-state index in [-0.39, 0.29) is 5.82 Å². The van der Waals surface area contributed by atoms with E-state index in [2.05, 4.69) is 29.6 Å². The van der Waals surface area contributed by atoms with Crippen LogP contribution in [0.4, 0.5) is 4.39 Å². The summed E-state index contributed by atoms with van der Waals surface area (Å²) in [6.07, 6.45) is 2.12. The zero-order valence-corrected chi connectivity index (χ0v) is 11.1. The molecule has 1 atom stereocenters. The normalized spacial score (nSPS) is 16.7. The van der Waals surface area contributed by atoms with Crippen molar-refractivity contribution >= 4 is 0 Å². The van der Waals surface area contributed by atoms with Crippen LogP contribution in [0.2, 0.25) is 0 Å². The lowest BCUT2D eigenvalue weighted by Gasteiger charge is -2.14. The first kappa shape index (κ1) is 12.8. The summed E-state index contributed by atoms with van der Waals surface area (Å²) >= 11 is 0. The minimum Gasteiger partial charge on any atom is -0.306 e. The second-order valence-corrected chi connectivity index (χ2v) is 5.08. The van der Waals surface area contributed by atoms with Gasteiger partial charge in [-0.1, -0.05) is 24.3 Å². The van der Waals surface area contributed by atoms with Gasteiger partial charge in [0, 0.05) is 12.6 Å². The molecule has 0 amide bonds. The van der Waals surface area contributed by atoms with E-state index in [0.717, 1.165) is 18.4 Å². The molecule has 0 saturated carbocycles. The Morgan fingerprint density at radius 1 is 1.25 bits per heavy atom. The van der Waals surface area contributed by atoms with E-state index >= 15 is 0 Å². The van der Waals surface area contributed by atoms with Crippen LogP contribution >= 0.6 is 0 Å². The van der Waals surface area contributed by atoms with Crippen LogP contribution in [0.15, 0.2) is 42.5 Å². The summed E-state index contributed by atoms with van der Waals surface area (Å²) < 4.78 is 13.3. The predicted molar refractivity (Wildman–Crippen MR) is 75.5 cm³/mol. The van der Waals surface area contributed by atoms with Crippen molar-refractivity contribution < 1.29 is 4.39 Å². The molecule has 0 fully saturated rings. The molecule has 0 aliphatic heterocycles. The first-order valence-corrected chi connectivity index (χ1v) is 6.77. The standard InChI is InChI=1S/C17H15FN2/c18-15-7-5-13(10-19)14(9-15)11-20-17-8-6-12-3-1-2-4-16(12)17/h1-5,7,9,17,20H,6,8,11H2. The zero-order valence-electron chi connectivity index (χ0n) is 11.1. The lowest BCUT2D eigenvalue weighted by Crippen LogP contribution is -2.19. The van der Waals surface area contributed by atoms with E-state index in [1.807, 2.05) is 6.07 Å². The van der Waals surface area contributed by atoms with Crippen molar-refractivity contribution in [2.75, 3.05) is 0 Å². The topological polar surface area (TPSA) is 35.8 Å². The molecular weight excluding hydrogens is 251 g/mol. The van der Waals surface area contributed by atoms with Gasteiger partial charge in [0.1, 0.15) is 5.82 Å². The van der Waals surface area contributed by atoms with Crippen molar-refractivity contribution in [3.8, 4) is 6.07 Å². The van der Waals surface area contributed by atoms with Gasteiger partial charge in [0.15, 0.2) is 0 Å². The van der Waals surface area contributed by atoms with Crippen LogP contribution < -0.4 is 5.32 Å². The fraction of sp³-hybridized carbons (Fsp3) is 0.235. The van der Waals surface area contributed by atoms with Crippen LogP contribution in [0.25, 0.3) is 0 Å². The Bertz CT molecular complexity index is 673. The zero-order chi connectivity index (χ0) is 13.9. The number of rotatable bonds is 3. The third-order valence-corrected chi connectivity index (χ3v) is 3.86. The van der Waals surface area contributed by atoms with Gasteiger partial charge in [-0.25, -0.2) is 4.39 Å². The Kier molecular flexibility index (Phi) is 3.49. The third-order valence-electron chi connectivity index (χ3n) is 3.86. The number of benzene rings is 2. The number of hydrogen-bond acceptors (Lipinski definition) is 2. The van der Waals surface area contributed by atoms with Crippen LogP contribution in [0.3, 0.4) is 0 Å². The summed E-state index contributed by atoms with van der Waals surface area (Å²) in [7, 11) is 0. The van der Waals surface area contributed by atoms with E-state index in [1.165, 1.54) is 29.3 Å². The van der Waals surface area contributed by atoms with Gasteiger partial charge < -0.3 is 5.32 Å². The first-order chi connectivity index (χ1) is 9.78. The maximum Gasteiger partial charge on any atom is 0.123 e. The SMILES string of the molecule is N#Cc1ccc(F)cc1CNC1CCc2ccccc21. The van der Waals surface area contributed by atoms with E-state index in [1.54, 1.807) is 0 Å². The number of nitrogens with one attached hydrogen (secondary N) is 1. The largest absolute Gasteiger partial charge is 0.306 e. The van der Waals surface area contributed by atoms with Gasteiger partial charge in [0.25, 0.3) is 0 Å². The van der Waals surface area contributed by atoms with Crippen molar-refractivity contribution in [1.82, 2.24) is 5.32 Å². The lowest BCUT2D eigenvalue weighted by atomic mass is 10.1. The van der Waals surface area contributed by atoms with Crippen LogP contribution in [0.1, 0.15) is 34.7 Å². The van der Waals surface area contributed by atoms with Crippen LogP contribution in [0.5, 0.6) is 0 Å². The van der Waals surface area contributed by atoms with Gasteiger partial charge in [0.05, 0.1) is 11.6 Å². The molecule has 0 aromatic heterocycles. The number of nitrogens with zero attached hydrogens (tertiary/aromatic N) is 1. The summed E-state index contributed by atoms with van der Waals surface area (Å²) in [4.78, 5) is 0. The van der Waals surface area contributed by atoms with E-state index in [4.69, 9.17) is 5.26 Å². The molecule has 3 heteroatoms. The highest BCUT2D eigenvalue weighted by molar-refractivity contribution is 5.38. The average Bonchev–Trinajstić information content (AvgIpc) is 2.88. The molecular formula is C17H15FN2. The second-order valence-electron chi connectivity index (χ2n) is 5.08. The molecule has 2 aromatic rings. The summed E-state index contributed by atoms with van der Waals surface area (Å²) in [5, 5.41) is 12.5. The number of fused-ring (bicyclic) bond motifs is 1. The molecule has 2 aromatic carbocycles. The third kappa shape index (κ3) is 2.43. The highest BCUT2D eigenvalue weighted by atomic mass is 19.1. The Balaban J connectivity index is 1.76. The van der Waals surface area contributed by atoms with Crippen molar-refractivity contribution in [3.05, 3.63) is 70.5 Å². The van der Waals surface area contributed by atoms with Gasteiger partial charge in [-0.15, -0.1) is 0 Å². The maximum absolute atomic E-state index is 13.3. The Hall–Kier alpha value is -2.18. The molecule has 1 N–H and O–H groups in total. The second kappa shape index (κ2) is 5.44. The molecule has 20 heavy (non-hydrogen) atoms. The molecule has 1 unspecified atom stereocenters. The molecule has 1 aliphatic carbocycles. The van der Waals surface area contributed by atoms with Crippen molar-refractivity contribution in [2.45, 2.75) is 25.4 Å². The molecule has 0 heterocycles. The summed E-state index contributed by atoms with van der Waals surface area (Å²) in [5.74, 6) is -0.298. The van der Waals surface area contributed by atoms with Crippen LogP contribution in [-0.4, -0.2) is 0 Å². The summed E-state index contributed by atoms with van der Waals surface area (Å²) in [6.45, 7) is 0.514. The molecule has 1 aliphatic rings. The highest BCUT2D eigenvalue weighted by Crippen LogP contribution is 2.31. The predicted octanol–water partition coefficient (Wildman–Crippen LogP) is 3.47. The van der Waals surface area contributed by atoms with Gasteiger partial charge in [-0.3, -0.25) is 0 Å². The highest BCUT2D eigenvalue weighted by Gasteiger charge is 2.21. The molecule has 0 bridgehead atoms. The van der Waals surface area contributed by atoms with Gasteiger partial charge >= 0.3 is 0 Å². The van der Waals surface area contributed by atoms with Crippen molar-refractivity contribution in [2.24, 2.45) is 0 Å². The number of hydrogen-bond donors (Lipinski definition) is 1. The monoisotopic (exact) mass is 266 g/mol. The Morgan fingerprint density at radius 3 is 2.95 bits per heavy atom. The quantitative estimate of drug-likeness (QED) is 0.923. The molecule has 100 valence electrons. The molecule has 0 saturated heterocycles. The molecule has 0 spiro atoms. The van der Waals surface area contributed by atoms with Crippen LogP contribution in [-0.2, 0) is 13.0 Å². The van der Waals surface area contributed by atoms with Crippen LogP contribution in [0, 0.1) is 17.1 Å². The molecule has 3 rings (SSSR count). The Morgan fingerprint density at radius 2 is 2.10 bits per heavy atom. The van der Waals surface area contributed by atoms with Gasteiger partial charge in [-0.2, -0.15) is 5.26 Å². The van der Waals surface area contributed by atoms with E-state index in [9.17, 15) is 4.39 Å². The smallest absolute Gasteiger partial charge is 0.123 e. The molecule has 2 nitrogen and oxygen atoms in total. The van der Waals surface area contributed by atoms with E-state index in [0.29, 0.717) is 18.2 Å². The maximum atomic E-state index is 13.3. The number of aryl methyl sites for hydroxylation is 1. The fourth-order valence-electron chi connectivity index (χ4n) is 2.82. The Labute approximate surface area is 117 Å². The average molecular weight is 266 g/mol. The van der Waals surface area contributed by atoms with E-state index < -0.39 is 0 Å². The minimum atomic E-state index is -0.298. The van der Waals surface area contributed by atoms with Gasteiger partial charge in [0.2, 0.25) is 0 Å². The lowest BCUT2D eigenvalue weighted by molar-refractivity contribution is 0.527. The number of halogens is 1. The minimum absolute atomic E-state index is 0.293. The fourth-order valence-corrected chi connectivity index (χ4v) is 2.82. The summed E-state index contributed by atoms with van der Waals surface area (Å²) in [6, 6.07) is 15.1. The number of nitriles is 1. The summed E-state index contributed by atoms with van der Waals surface area (Å²) in [5.41, 5.74) is 3.95. The van der Waals surface area contributed by atoms with Crippen molar-refractivity contribution in [3.63, 3.8) is 0 Å². The first-order valence-electron chi connectivity index (χ1n) is 6.77. The molecule has 0 radical (unpaired) electrons. The van der Waals surface area contributed by atoms with Crippen molar-refractivity contribution in [1.29, 1.82) is 5.26 Å².